The highest BCUT2D eigenvalue weighted by atomic mass is 19.1. The van der Waals surface area contributed by atoms with Gasteiger partial charge < -0.3 is 15.1 Å². The number of nitrogens with one attached hydrogen (secondary N) is 1. The number of carbonyl (C=O) groups excluding carboxylic acids is 1. The smallest absolute Gasteiger partial charge is 0.230 e. The molecule has 3 heterocycles. The number of anilines is 2. The van der Waals surface area contributed by atoms with E-state index in [1.54, 1.807) is 24.5 Å². The molecule has 1 saturated heterocycles. The summed E-state index contributed by atoms with van der Waals surface area (Å²) in [6.45, 7) is 7.30. The molecule has 1 fully saturated rings. The molecule has 1 aliphatic heterocycles. The Hall–Kier alpha value is -3.32. The van der Waals surface area contributed by atoms with Crippen LogP contribution in [0.5, 0.6) is 0 Å². The summed E-state index contributed by atoms with van der Waals surface area (Å²) >= 11 is 0. The Morgan fingerprint density at radius 3 is 2.48 bits per heavy atom. The van der Waals surface area contributed by atoms with Gasteiger partial charge >= 0.3 is 0 Å². The predicted molar refractivity (Wildman–Crippen MR) is 121 cm³/mol. The number of halogens is 1. The van der Waals surface area contributed by atoms with Gasteiger partial charge in [-0.2, -0.15) is 0 Å². The van der Waals surface area contributed by atoms with Crippen molar-refractivity contribution in [2.75, 3.05) is 42.9 Å². The molecule has 1 N–H and O–H groups in total. The molecule has 2 aromatic heterocycles. The van der Waals surface area contributed by atoms with Crippen LogP contribution in [-0.2, 0) is 11.2 Å². The van der Waals surface area contributed by atoms with Gasteiger partial charge in [0.05, 0.1) is 6.42 Å². The molecular weight excluding hydrogens is 393 g/mol. The van der Waals surface area contributed by atoms with E-state index >= 15 is 0 Å². The van der Waals surface area contributed by atoms with Crippen LogP contribution >= 0.6 is 0 Å². The van der Waals surface area contributed by atoms with E-state index in [0.717, 1.165) is 55.2 Å². The minimum atomic E-state index is -0.294. The normalized spacial score (nSPS) is 14.5. The van der Waals surface area contributed by atoms with Gasteiger partial charge in [-0.15, -0.1) is 0 Å². The highest BCUT2D eigenvalue weighted by molar-refractivity contribution is 5.91. The average molecular weight is 420 g/mol. The standard InChI is InChI=1S/C24H26FN5O/c1-2-29-10-12-30(13-11-29)23-9-6-18(16-27-23)14-24(31)28-22-8-7-20(17-26-22)19-4-3-5-21(25)15-19/h3-9,15-17H,2,10-14H2,1H3,(H,26,28,31). The highest BCUT2D eigenvalue weighted by Crippen LogP contribution is 2.20. The number of pyridine rings is 2. The maximum absolute atomic E-state index is 13.4. The third kappa shape index (κ3) is 5.44. The number of nitrogens with zero attached hydrogens (tertiary/aromatic N) is 4. The molecule has 31 heavy (non-hydrogen) atoms. The summed E-state index contributed by atoms with van der Waals surface area (Å²) in [5, 5.41) is 2.80. The summed E-state index contributed by atoms with van der Waals surface area (Å²) in [6, 6.07) is 13.8. The number of hydrogen-bond donors (Lipinski definition) is 1. The van der Waals surface area contributed by atoms with Gasteiger partial charge in [-0.1, -0.05) is 25.1 Å². The molecule has 0 spiro atoms. The summed E-state index contributed by atoms with van der Waals surface area (Å²) in [5.74, 6) is 0.966. The summed E-state index contributed by atoms with van der Waals surface area (Å²) in [5.41, 5.74) is 2.38. The molecular formula is C24H26FN5O. The molecule has 0 atom stereocenters. The number of hydrogen-bond acceptors (Lipinski definition) is 5. The number of aromatic nitrogens is 2. The third-order valence-electron chi connectivity index (χ3n) is 5.51. The quantitative estimate of drug-likeness (QED) is 0.662. The zero-order valence-corrected chi connectivity index (χ0v) is 17.6. The predicted octanol–water partition coefficient (Wildman–Crippen LogP) is 3.61. The van der Waals surface area contributed by atoms with Crippen LogP contribution in [0.15, 0.2) is 60.9 Å². The van der Waals surface area contributed by atoms with Crippen LogP contribution in [0.25, 0.3) is 11.1 Å². The molecule has 3 aromatic rings. The largest absolute Gasteiger partial charge is 0.354 e. The first-order valence-electron chi connectivity index (χ1n) is 10.5. The molecule has 0 saturated carbocycles. The van der Waals surface area contributed by atoms with E-state index in [4.69, 9.17) is 0 Å². The van der Waals surface area contributed by atoms with E-state index in [1.165, 1.54) is 12.1 Å². The number of rotatable bonds is 6. The van der Waals surface area contributed by atoms with Crippen molar-refractivity contribution in [1.29, 1.82) is 0 Å². The van der Waals surface area contributed by atoms with Crippen LogP contribution < -0.4 is 10.2 Å². The molecule has 1 aromatic carbocycles. The minimum Gasteiger partial charge on any atom is -0.354 e. The summed E-state index contributed by atoms with van der Waals surface area (Å²) in [4.78, 5) is 25.9. The van der Waals surface area contributed by atoms with Gasteiger partial charge in [0.1, 0.15) is 17.5 Å². The van der Waals surface area contributed by atoms with Crippen LogP contribution in [0.4, 0.5) is 16.0 Å². The van der Waals surface area contributed by atoms with E-state index in [0.29, 0.717) is 5.82 Å². The Balaban J connectivity index is 1.31. The molecule has 1 amide bonds. The Morgan fingerprint density at radius 1 is 1.00 bits per heavy atom. The molecule has 4 rings (SSSR count). The first kappa shape index (κ1) is 20.9. The van der Waals surface area contributed by atoms with Crippen molar-refractivity contribution in [3.63, 3.8) is 0 Å². The van der Waals surface area contributed by atoms with E-state index in [1.807, 2.05) is 24.3 Å². The highest BCUT2D eigenvalue weighted by Gasteiger charge is 2.16. The lowest BCUT2D eigenvalue weighted by Gasteiger charge is -2.34. The Kier molecular flexibility index (Phi) is 6.52. The SMILES string of the molecule is CCN1CCN(c2ccc(CC(=O)Nc3ccc(-c4cccc(F)c4)cn3)cn2)CC1. The van der Waals surface area contributed by atoms with E-state index in [2.05, 4.69) is 32.0 Å². The van der Waals surface area contributed by atoms with Gasteiger partial charge in [0, 0.05) is 44.1 Å². The molecule has 1 aliphatic rings. The van der Waals surface area contributed by atoms with Crippen molar-refractivity contribution in [3.05, 3.63) is 72.3 Å². The Labute approximate surface area is 181 Å². The van der Waals surface area contributed by atoms with E-state index < -0.39 is 0 Å². The second-order valence-corrected chi connectivity index (χ2v) is 7.61. The van der Waals surface area contributed by atoms with Crippen molar-refractivity contribution in [2.45, 2.75) is 13.3 Å². The second kappa shape index (κ2) is 9.66. The zero-order valence-electron chi connectivity index (χ0n) is 17.6. The lowest BCUT2D eigenvalue weighted by molar-refractivity contribution is -0.115. The van der Waals surface area contributed by atoms with E-state index in [-0.39, 0.29) is 18.1 Å². The third-order valence-corrected chi connectivity index (χ3v) is 5.51. The van der Waals surface area contributed by atoms with Crippen LogP contribution in [0.3, 0.4) is 0 Å². The first-order valence-corrected chi connectivity index (χ1v) is 10.5. The fraction of sp³-hybridized carbons (Fsp3) is 0.292. The summed E-state index contributed by atoms with van der Waals surface area (Å²) in [7, 11) is 0. The minimum absolute atomic E-state index is 0.155. The maximum atomic E-state index is 13.4. The number of amides is 1. The van der Waals surface area contributed by atoms with Gasteiger partial charge in [0.15, 0.2) is 0 Å². The van der Waals surface area contributed by atoms with Gasteiger partial charge in [0.2, 0.25) is 5.91 Å². The molecule has 0 radical (unpaired) electrons. The van der Waals surface area contributed by atoms with Gasteiger partial charge in [-0.25, -0.2) is 14.4 Å². The number of carbonyl (C=O) groups is 1. The average Bonchev–Trinajstić information content (AvgIpc) is 2.80. The number of piperazine rings is 1. The van der Waals surface area contributed by atoms with Crippen molar-refractivity contribution < 1.29 is 9.18 Å². The van der Waals surface area contributed by atoms with Crippen LogP contribution in [-0.4, -0.2) is 53.5 Å². The van der Waals surface area contributed by atoms with Crippen LogP contribution in [0.1, 0.15) is 12.5 Å². The fourth-order valence-electron chi connectivity index (χ4n) is 3.68. The maximum Gasteiger partial charge on any atom is 0.230 e. The molecule has 160 valence electrons. The van der Waals surface area contributed by atoms with Crippen molar-refractivity contribution in [2.24, 2.45) is 0 Å². The zero-order chi connectivity index (χ0) is 21.6. The Morgan fingerprint density at radius 2 is 1.84 bits per heavy atom. The molecule has 0 unspecified atom stereocenters. The van der Waals surface area contributed by atoms with Gasteiger partial charge in [-0.05, 0) is 48.0 Å². The molecule has 0 aliphatic carbocycles. The lowest BCUT2D eigenvalue weighted by Crippen LogP contribution is -2.46. The topological polar surface area (TPSA) is 61.4 Å². The fourth-order valence-corrected chi connectivity index (χ4v) is 3.68. The van der Waals surface area contributed by atoms with Gasteiger partial charge in [0.25, 0.3) is 0 Å². The summed E-state index contributed by atoms with van der Waals surface area (Å²) in [6.07, 6.45) is 3.62. The van der Waals surface area contributed by atoms with Crippen molar-refractivity contribution in [3.8, 4) is 11.1 Å². The van der Waals surface area contributed by atoms with Gasteiger partial charge in [-0.3, -0.25) is 4.79 Å². The molecule has 0 bridgehead atoms. The molecule has 7 heteroatoms. The Bertz CT molecular complexity index is 1010. The summed E-state index contributed by atoms with van der Waals surface area (Å²) < 4.78 is 13.4. The number of benzene rings is 1. The van der Waals surface area contributed by atoms with Crippen molar-refractivity contribution in [1.82, 2.24) is 14.9 Å². The van der Waals surface area contributed by atoms with Crippen LogP contribution in [0, 0.1) is 5.82 Å². The van der Waals surface area contributed by atoms with Crippen LogP contribution in [0.2, 0.25) is 0 Å². The van der Waals surface area contributed by atoms with E-state index in [9.17, 15) is 9.18 Å². The molecule has 6 nitrogen and oxygen atoms in total. The van der Waals surface area contributed by atoms with Crippen molar-refractivity contribution >= 4 is 17.5 Å². The first-order chi connectivity index (χ1) is 15.1. The number of likely N-dealkylation sites (N-methyl/N-ethyl adjacent to an activating group) is 1. The monoisotopic (exact) mass is 419 g/mol. The lowest BCUT2D eigenvalue weighted by atomic mass is 10.1. The second-order valence-electron chi connectivity index (χ2n) is 7.61.